The first-order chi connectivity index (χ1) is 14.3. The molecule has 2 aromatic carbocycles. The van der Waals surface area contributed by atoms with Gasteiger partial charge in [-0.3, -0.25) is 14.4 Å². The zero-order valence-electron chi connectivity index (χ0n) is 17.5. The highest BCUT2D eigenvalue weighted by Crippen LogP contribution is 2.14. The van der Waals surface area contributed by atoms with Gasteiger partial charge in [0.2, 0.25) is 5.91 Å². The lowest BCUT2D eigenvalue weighted by molar-refractivity contribution is -0.118. The monoisotopic (exact) mass is 429 g/mol. The summed E-state index contributed by atoms with van der Waals surface area (Å²) in [4.78, 5) is 37.3. The van der Waals surface area contributed by atoms with E-state index < -0.39 is 6.04 Å². The van der Waals surface area contributed by atoms with Crippen molar-refractivity contribution < 1.29 is 14.4 Å². The summed E-state index contributed by atoms with van der Waals surface area (Å²) in [6.07, 6.45) is 1.35. The van der Waals surface area contributed by atoms with E-state index >= 15 is 0 Å². The van der Waals surface area contributed by atoms with Gasteiger partial charge in [-0.05, 0) is 67.3 Å². The maximum Gasteiger partial charge on any atom is 0.251 e. The van der Waals surface area contributed by atoms with E-state index in [0.717, 1.165) is 6.42 Å². The molecule has 30 heavy (non-hydrogen) atoms. The van der Waals surface area contributed by atoms with Gasteiger partial charge in [0.25, 0.3) is 11.8 Å². The highest BCUT2D eigenvalue weighted by atomic mass is 35.5. The molecule has 6 nitrogen and oxygen atoms in total. The van der Waals surface area contributed by atoms with Crippen LogP contribution in [-0.2, 0) is 4.79 Å². The molecule has 0 aliphatic heterocycles. The molecule has 2 aromatic rings. The maximum atomic E-state index is 12.8. The summed E-state index contributed by atoms with van der Waals surface area (Å²) in [5.74, 6) is -0.594. The fourth-order valence-corrected chi connectivity index (χ4v) is 2.95. The minimum atomic E-state index is -0.694. The fraction of sp³-hybridized carbons (Fsp3) is 0.348. The van der Waals surface area contributed by atoms with Crippen LogP contribution in [0, 0.1) is 5.92 Å². The van der Waals surface area contributed by atoms with Crippen LogP contribution in [0.3, 0.4) is 0 Å². The number of halogens is 1. The summed E-state index contributed by atoms with van der Waals surface area (Å²) in [5, 5.41) is 8.96. The van der Waals surface area contributed by atoms with Crippen LogP contribution < -0.4 is 16.0 Å². The van der Waals surface area contributed by atoms with Crippen LogP contribution in [-0.4, -0.2) is 30.3 Å². The van der Waals surface area contributed by atoms with Gasteiger partial charge >= 0.3 is 0 Å². The number of rotatable bonds is 9. The molecule has 0 aromatic heterocycles. The Bertz CT molecular complexity index is 864. The van der Waals surface area contributed by atoms with E-state index in [1.54, 1.807) is 48.5 Å². The minimum Gasteiger partial charge on any atom is -0.352 e. The van der Waals surface area contributed by atoms with Crippen LogP contribution in [0.25, 0.3) is 0 Å². The number of hydrogen-bond donors (Lipinski definition) is 3. The second kappa shape index (κ2) is 11.4. The second-order valence-electron chi connectivity index (χ2n) is 7.48. The molecule has 1 unspecified atom stereocenters. The number of nitrogens with one attached hydrogen (secondary N) is 3. The molecule has 0 aliphatic rings. The number of amides is 3. The quantitative estimate of drug-likeness (QED) is 0.556. The third kappa shape index (κ3) is 7.19. The fourth-order valence-electron chi connectivity index (χ4n) is 2.82. The van der Waals surface area contributed by atoms with Crippen molar-refractivity contribution in [1.82, 2.24) is 10.6 Å². The Morgan fingerprint density at radius 2 is 1.47 bits per heavy atom. The summed E-state index contributed by atoms with van der Waals surface area (Å²) in [6, 6.07) is 12.5. The zero-order valence-corrected chi connectivity index (χ0v) is 18.3. The van der Waals surface area contributed by atoms with E-state index in [9.17, 15) is 14.4 Å². The highest BCUT2D eigenvalue weighted by Gasteiger charge is 2.23. The summed E-state index contributed by atoms with van der Waals surface area (Å²) < 4.78 is 0. The predicted molar refractivity (Wildman–Crippen MR) is 120 cm³/mol. The van der Waals surface area contributed by atoms with Gasteiger partial charge in [-0.1, -0.05) is 32.4 Å². The van der Waals surface area contributed by atoms with E-state index in [4.69, 9.17) is 11.6 Å². The maximum absolute atomic E-state index is 12.8. The normalized spacial score (nSPS) is 11.6. The van der Waals surface area contributed by atoms with Gasteiger partial charge in [-0.25, -0.2) is 0 Å². The molecule has 3 N–H and O–H groups in total. The van der Waals surface area contributed by atoms with Crippen molar-refractivity contribution in [3.05, 3.63) is 64.7 Å². The van der Waals surface area contributed by atoms with Gasteiger partial charge < -0.3 is 16.0 Å². The number of hydrogen-bond acceptors (Lipinski definition) is 3. The van der Waals surface area contributed by atoms with Crippen molar-refractivity contribution in [2.24, 2.45) is 5.92 Å². The number of carbonyl (C=O) groups is 3. The Hall–Kier alpha value is -2.86. The minimum absolute atomic E-state index is 0.150. The van der Waals surface area contributed by atoms with Crippen molar-refractivity contribution >= 4 is 35.0 Å². The van der Waals surface area contributed by atoms with Crippen molar-refractivity contribution in [1.29, 1.82) is 0 Å². The van der Waals surface area contributed by atoms with E-state index in [-0.39, 0.29) is 23.6 Å². The predicted octanol–water partition coefficient (Wildman–Crippen LogP) is 4.26. The van der Waals surface area contributed by atoms with Gasteiger partial charge in [0.05, 0.1) is 0 Å². The average Bonchev–Trinajstić information content (AvgIpc) is 2.72. The van der Waals surface area contributed by atoms with Gasteiger partial charge in [0.1, 0.15) is 6.04 Å². The van der Waals surface area contributed by atoms with E-state index in [0.29, 0.717) is 34.8 Å². The summed E-state index contributed by atoms with van der Waals surface area (Å²) in [6.45, 7) is 6.57. The molecule has 0 spiro atoms. The van der Waals surface area contributed by atoms with Crippen molar-refractivity contribution in [2.75, 3.05) is 11.9 Å². The van der Waals surface area contributed by atoms with Crippen molar-refractivity contribution in [2.45, 2.75) is 39.7 Å². The van der Waals surface area contributed by atoms with Crippen LogP contribution in [0.2, 0.25) is 5.02 Å². The molecule has 0 heterocycles. The van der Waals surface area contributed by atoms with Gasteiger partial charge in [-0.2, -0.15) is 0 Å². The Morgan fingerprint density at radius 1 is 0.900 bits per heavy atom. The SMILES string of the molecule is CCCNC(=O)c1ccc(NC(=O)C(CC(C)C)NC(=O)c2ccc(Cl)cc2)cc1. The van der Waals surface area contributed by atoms with Crippen LogP contribution in [0.4, 0.5) is 5.69 Å². The molecule has 7 heteroatoms. The summed E-state index contributed by atoms with van der Waals surface area (Å²) in [7, 11) is 0. The van der Waals surface area contributed by atoms with Crippen LogP contribution in [0.5, 0.6) is 0 Å². The van der Waals surface area contributed by atoms with Gasteiger partial charge in [0, 0.05) is 28.4 Å². The van der Waals surface area contributed by atoms with E-state index in [1.807, 2.05) is 20.8 Å². The Morgan fingerprint density at radius 3 is 2.03 bits per heavy atom. The number of anilines is 1. The molecule has 160 valence electrons. The van der Waals surface area contributed by atoms with Crippen LogP contribution in [0.1, 0.15) is 54.3 Å². The van der Waals surface area contributed by atoms with Crippen molar-refractivity contribution in [3.8, 4) is 0 Å². The number of carbonyl (C=O) groups excluding carboxylic acids is 3. The third-order valence-corrected chi connectivity index (χ3v) is 4.64. The lowest BCUT2D eigenvalue weighted by Gasteiger charge is -2.20. The molecule has 3 amide bonds. The molecule has 0 bridgehead atoms. The first kappa shape index (κ1) is 23.4. The summed E-state index contributed by atoms with van der Waals surface area (Å²) >= 11 is 5.87. The lowest BCUT2D eigenvalue weighted by Crippen LogP contribution is -2.44. The molecule has 0 saturated carbocycles. The molecule has 1 atom stereocenters. The molecular weight excluding hydrogens is 402 g/mol. The smallest absolute Gasteiger partial charge is 0.251 e. The molecule has 2 rings (SSSR count). The zero-order chi connectivity index (χ0) is 22.1. The Balaban J connectivity index is 2.04. The first-order valence-electron chi connectivity index (χ1n) is 10.1. The van der Waals surface area contributed by atoms with E-state index in [2.05, 4.69) is 16.0 Å². The molecule has 0 aliphatic carbocycles. The van der Waals surface area contributed by atoms with Crippen LogP contribution in [0.15, 0.2) is 48.5 Å². The third-order valence-electron chi connectivity index (χ3n) is 4.39. The van der Waals surface area contributed by atoms with Crippen molar-refractivity contribution in [3.63, 3.8) is 0 Å². The molecule has 0 fully saturated rings. The largest absolute Gasteiger partial charge is 0.352 e. The molecular formula is C23H28ClN3O3. The first-order valence-corrected chi connectivity index (χ1v) is 10.4. The van der Waals surface area contributed by atoms with Crippen LogP contribution >= 0.6 is 11.6 Å². The lowest BCUT2D eigenvalue weighted by atomic mass is 10.0. The molecule has 0 saturated heterocycles. The highest BCUT2D eigenvalue weighted by molar-refractivity contribution is 6.30. The van der Waals surface area contributed by atoms with Gasteiger partial charge in [-0.15, -0.1) is 0 Å². The van der Waals surface area contributed by atoms with Gasteiger partial charge in [0.15, 0.2) is 0 Å². The van der Waals surface area contributed by atoms with E-state index in [1.165, 1.54) is 0 Å². The molecule has 0 radical (unpaired) electrons. The number of benzene rings is 2. The second-order valence-corrected chi connectivity index (χ2v) is 7.92. The Kier molecular flexibility index (Phi) is 8.87. The standard InChI is InChI=1S/C23H28ClN3O3/c1-4-13-25-21(28)16-7-11-19(12-8-16)26-23(30)20(14-15(2)3)27-22(29)17-5-9-18(24)10-6-17/h5-12,15,20H,4,13-14H2,1-3H3,(H,25,28)(H,26,30)(H,27,29). The Labute approximate surface area is 182 Å². The average molecular weight is 430 g/mol. The topological polar surface area (TPSA) is 87.3 Å². The summed E-state index contributed by atoms with van der Waals surface area (Å²) in [5.41, 5.74) is 1.51.